The van der Waals surface area contributed by atoms with Crippen LogP contribution in [0, 0.1) is 0 Å². The van der Waals surface area contributed by atoms with Gasteiger partial charge in [-0.15, -0.1) is 0 Å². The molecule has 0 aromatic heterocycles. The third kappa shape index (κ3) is 3.40. The highest BCUT2D eigenvalue weighted by Crippen LogP contribution is 2.37. The Labute approximate surface area is 118 Å². The molecule has 0 saturated carbocycles. The Morgan fingerprint density at radius 3 is 2.32 bits per heavy atom. The molecule has 106 valence electrons. The number of fused-ring (bicyclic) bond motifs is 1. The zero-order chi connectivity index (χ0) is 14.1. The molecule has 1 aromatic rings. The van der Waals surface area contributed by atoms with E-state index in [1.165, 1.54) is 11.1 Å². The van der Waals surface area contributed by atoms with E-state index >= 15 is 0 Å². The molecule has 19 heavy (non-hydrogen) atoms. The van der Waals surface area contributed by atoms with E-state index in [1.54, 1.807) is 0 Å². The highest BCUT2D eigenvalue weighted by atomic mass is 28.4. The lowest BCUT2D eigenvalue weighted by Crippen LogP contribution is -2.43. The van der Waals surface area contributed by atoms with Gasteiger partial charge >= 0.3 is 0 Å². The smallest absolute Gasteiger partial charge is 0.250 e. The summed E-state index contributed by atoms with van der Waals surface area (Å²) in [4.78, 5) is 0. The molecule has 0 spiro atoms. The first-order chi connectivity index (χ1) is 8.79. The van der Waals surface area contributed by atoms with Gasteiger partial charge in [0.15, 0.2) is 0 Å². The molecule has 0 unspecified atom stereocenters. The zero-order valence-electron chi connectivity index (χ0n) is 13.0. The molecule has 1 aromatic carbocycles. The maximum Gasteiger partial charge on any atom is 0.250 e. The van der Waals surface area contributed by atoms with Gasteiger partial charge in [0.05, 0.1) is 0 Å². The van der Waals surface area contributed by atoms with E-state index in [1.807, 2.05) is 0 Å². The van der Waals surface area contributed by atoms with Gasteiger partial charge in [-0.1, -0.05) is 26.8 Å². The molecule has 1 N–H and O–H groups in total. The molecule has 0 aliphatic carbocycles. The SMILES string of the molecule is CC(C)(C)[Si](C)(C)Oc1ccc2c(c1)CCNCC2. The molecule has 3 heteroatoms. The van der Waals surface area contributed by atoms with Gasteiger partial charge in [-0.2, -0.15) is 0 Å². The Morgan fingerprint density at radius 2 is 1.68 bits per heavy atom. The zero-order valence-corrected chi connectivity index (χ0v) is 14.0. The summed E-state index contributed by atoms with van der Waals surface area (Å²) in [6, 6.07) is 6.68. The molecule has 1 aliphatic heterocycles. The van der Waals surface area contributed by atoms with E-state index in [-0.39, 0.29) is 5.04 Å². The quantitative estimate of drug-likeness (QED) is 0.831. The van der Waals surface area contributed by atoms with Gasteiger partial charge in [0.25, 0.3) is 0 Å². The number of hydrogen-bond acceptors (Lipinski definition) is 2. The Bertz CT molecular complexity index is 449. The predicted octanol–water partition coefficient (Wildman–Crippen LogP) is 3.76. The van der Waals surface area contributed by atoms with Crippen LogP contribution >= 0.6 is 0 Å². The van der Waals surface area contributed by atoms with Crippen molar-refractivity contribution in [1.29, 1.82) is 0 Å². The predicted molar refractivity (Wildman–Crippen MR) is 84.5 cm³/mol. The normalized spacial score (nSPS) is 16.7. The van der Waals surface area contributed by atoms with Crippen molar-refractivity contribution in [1.82, 2.24) is 5.32 Å². The minimum absolute atomic E-state index is 0.251. The first kappa shape index (κ1) is 14.6. The van der Waals surface area contributed by atoms with Crippen LogP contribution in [0.3, 0.4) is 0 Å². The topological polar surface area (TPSA) is 21.3 Å². The summed E-state index contributed by atoms with van der Waals surface area (Å²) >= 11 is 0. The Balaban J connectivity index is 2.21. The fraction of sp³-hybridized carbons (Fsp3) is 0.625. The fourth-order valence-corrected chi connectivity index (χ4v) is 3.18. The standard InChI is InChI=1S/C16H27NOSi/c1-16(2,3)19(4,5)18-15-7-6-13-8-10-17-11-9-14(13)12-15/h6-7,12,17H,8-11H2,1-5H3. The molecular weight excluding hydrogens is 250 g/mol. The highest BCUT2D eigenvalue weighted by molar-refractivity contribution is 6.74. The van der Waals surface area contributed by atoms with E-state index in [2.05, 4.69) is 57.4 Å². The van der Waals surface area contributed by atoms with Crippen LogP contribution in [0.1, 0.15) is 31.9 Å². The molecule has 0 atom stereocenters. The summed E-state index contributed by atoms with van der Waals surface area (Å²) < 4.78 is 6.39. The van der Waals surface area contributed by atoms with E-state index in [0.29, 0.717) is 0 Å². The van der Waals surface area contributed by atoms with E-state index in [4.69, 9.17) is 4.43 Å². The van der Waals surface area contributed by atoms with Crippen molar-refractivity contribution in [3.63, 3.8) is 0 Å². The minimum Gasteiger partial charge on any atom is -0.543 e. The molecule has 1 heterocycles. The summed E-state index contributed by atoms with van der Waals surface area (Å²) in [6.07, 6.45) is 2.25. The van der Waals surface area contributed by atoms with Gasteiger partial charge in [-0.25, -0.2) is 0 Å². The van der Waals surface area contributed by atoms with E-state index in [0.717, 1.165) is 31.7 Å². The second-order valence-electron chi connectivity index (χ2n) is 7.04. The maximum atomic E-state index is 6.39. The first-order valence-electron chi connectivity index (χ1n) is 7.31. The molecular formula is C16H27NOSi. The number of hydrogen-bond donors (Lipinski definition) is 1. The van der Waals surface area contributed by atoms with Crippen LogP contribution < -0.4 is 9.74 Å². The van der Waals surface area contributed by atoms with Crippen LogP contribution in [0.5, 0.6) is 5.75 Å². The van der Waals surface area contributed by atoms with E-state index in [9.17, 15) is 0 Å². The van der Waals surface area contributed by atoms with Crippen molar-refractivity contribution in [2.45, 2.75) is 51.7 Å². The molecule has 0 fully saturated rings. The Kier molecular flexibility index (Phi) is 4.07. The van der Waals surface area contributed by atoms with Crippen molar-refractivity contribution in [2.24, 2.45) is 0 Å². The van der Waals surface area contributed by atoms with Crippen molar-refractivity contribution in [2.75, 3.05) is 13.1 Å². The highest BCUT2D eigenvalue weighted by Gasteiger charge is 2.39. The van der Waals surface area contributed by atoms with Gasteiger partial charge in [0, 0.05) is 0 Å². The average molecular weight is 277 g/mol. The van der Waals surface area contributed by atoms with Crippen molar-refractivity contribution < 1.29 is 4.43 Å². The third-order valence-electron chi connectivity index (χ3n) is 4.50. The van der Waals surface area contributed by atoms with Crippen LogP contribution in [0.25, 0.3) is 0 Å². The maximum absolute atomic E-state index is 6.39. The summed E-state index contributed by atoms with van der Waals surface area (Å²) in [5, 5.41) is 3.71. The second kappa shape index (κ2) is 5.29. The molecule has 2 rings (SSSR count). The van der Waals surface area contributed by atoms with Crippen LogP contribution in [0.4, 0.5) is 0 Å². The number of nitrogens with one attached hydrogen (secondary N) is 1. The largest absolute Gasteiger partial charge is 0.543 e. The number of rotatable bonds is 2. The average Bonchev–Trinajstić information content (AvgIpc) is 2.51. The Hall–Kier alpha value is -0.803. The van der Waals surface area contributed by atoms with Gasteiger partial charge in [-0.3, -0.25) is 0 Å². The van der Waals surface area contributed by atoms with Crippen LogP contribution in [-0.4, -0.2) is 21.4 Å². The van der Waals surface area contributed by atoms with Gasteiger partial charge in [0.1, 0.15) is 5.75 Å². The van der Waals surface area contributed by atoms with Gasteiger partial charge in [-0.05, 0) is 67.3 Å². The summed E-state index contributed by atoms with van der Waals surface area (Å²) in [7, 11) is -1.72. The van der Waals surface area contributed by atoms with Crippen molar-refractivity contribution in [3.8, 4) is 5.75 Å². The second-order valence-corrected chi connectivity index (χ2v) is 11.8. The van der Waals surface area contributed by atoms with Crippen LogP contribution in [0.2, 0.25) is 18.1 Å². The fourth-order valence-electron chi connectivity index (χ4n) is 2.16. The molecule has 1 aliphatic rings. The lowest BCUT2D eigenvalue weighted by Gasteiger charge is -2.36. The first-order valence-corrected chi connectivity index (χ1v) is 10.2. The van der Waals surface area contributed by atoms with Crippen molar-refractivity contribution >= 4 is 8.32 Å². The number of benzene rings is 1. The minimum atomic E-state index is -1.72. The lowest BCUT2D eigenvalue weighted by atomic mass is 10.0. The third-order valence-corrected chi connectivity index (χ3v) is 8.86. The monoisotopic (exact) mass is 277 g/mol. The van der Waals surface area contributed by atoms with E-state index < -0.39 is 8.32 Å². The molecule has 0 saturated heterocycles. The molecule has 2 nitrogen and oxygen atoms in total. The summed E-state index contributed by atoms with van der Waals surface area (Å²) in [5.41, 5.74) is 2.94. The molecule has 0 radical (unpaired) electrons. The van der Waals surface area contributed by atoms with Gasteiger partial charge in [0.2, 0.25) is 8.32 Å². The summed E-state index contributed by atoms with van der Waals surface area (Å²) in [6.45, 7) is 13.6. The van der Waals surface area contributed by atoms with Crippen molar-refractivity contribution in [3.05, 3.63) is 29.3 Å². The summed E-state index contributed by atoms with van der Waals surface area (Å²) in [5.74, 6) is 1.06. The van der Waals surface area contributed by atoms with Gasteiger partial charge < -0.3 is 9.74 Å². The van der Waals surface area contributed by atoms with Crippen LogP contribution in [0.15, 0.2) is 18.2 Å². The molecule has 0 bridgehead atoms. The molecule has 0 amide bonds. The lowest BCUT2D eigenvalue weighted by molar-refractivity contribution is 0.491. The van der Waals surface area contributed by atoms with Crippen LogP contribution in [-0.2, 0) is 12.8 Å². The Morgan fingerprint density at radius 1 is 1.05 bits per heavy atom.